The first-order valence-electron chi connectivity index (χ1n) is 7.85. The minimum absolute atomic E-state index is 0.0874. The molecule has 0 aromatic carbocycles. The maximum atomic E-state index is 6.03. The number of hydrogen-bond acceptors (Lipinski definition) is 7. The first-order chi connectivity index (χ1) is 11.2. The van der Waals surface area contributed by atoms with E-state index in [2.05, 4.69) is 24.8 Å². The van der Waals surface area contributed by atoms with Crippen LogP contribution in [0.5, 0.6) is 6.01 Å². The van der Waals surface area contributed by atoms with E-state index in [4.69, 9.17) is 9.47 Å². The van der Waals surface area contributed by atoms with Crippen LogP contribution in [0.4, 0.5) is 5.95 Å². The molecule has 0 aliphatic carbocycles. The molecule has 2 aromatic rings. The van der Waals surface area contributed by atoms with Crippen LogP contribution < -0.4 is 9.64 Å². The molecule has 2 aliphatic heterocycles. The zero-order chi connectivity index (χ0) is 15.7. The molecule has 2 fully saturated rings. The van der Waals surface area contributed by atoms with Gasteiger partial charge in [0.2, 0.25) is 5.95 Å². The molecule has 0 radical (unpaired) electrons. The topological polar surface area (TPSA) is 73.3 Å². The molecule has 7 nitrogen and oxygen atoms in total. The van der Waals surface area contributed by atoms with Gasteiger partial charge in [0.1, 0.15) is 11.7 Å². The molecule has 0 bridgehead atoms. The minimum Gasteiger partial charge on any atom is -0.460 e. The molecule has 0 N–H and O–H groups in total. The van der Waals surface area contributed by atoms with Crippen LogP contribution in [0.25, 0.3) is 0 Å². The van der Waals surface area contributed by atoms with Gasteiger partial charge in [-0.25, -0.2) is 19.9 Å². The lowest BCUT2D eigenvalue weighted by Crippen LogP contribution is -2.66. The number of aromatic nitrogens is 4. The molecule has 4 rings (SSSR count). The van der Waals surface area contributed by atoms with Gasteiger partial charge in [0.15, 0.2) is 0 Å². The van der Waals surface area contributed by atoms with Crippen molar-refractivity contribution in [3.05, 3.63) is 36.4 Å². The zero-order valence-electron chi connectivity index (χ0n) is 13.1. The van der Waals surface area contributed by atoms with Crippen LogP contribution >= 0.6 is 0 Å². The van der Waals surface area contributed by atoms with Crippen molar-refractivity contribution in [3.63, 3.8) is 0 Å². The number of rotatable bonds is 3. The summed E-state index contributed by atoms with van der Waals surface area (Å²) in [5, 5.41) is 0. The molecule has 2 aliphatic rings. The Morgan fingerprint density at radius 1 is 1.22 bits per heavy atom. The average molecular weight is 313 g/mol. The zero-order valence-corrected chi connectivity index (χ0v) is 13.1. The highest BCUT2D eigenvalue weighted by Gasteiger charge is 2.49. The predicted octanol–water partition coefficient (Wildman–Crippen LogP) is 1.39. The van der Waals surface area contributed by atoms with E-state index in [1.165, 1.54) is 0 Å². The fourth-order valence-electron chi connectivity index (χ4n) is 3.18. The van der Waals surface area contributed by atoms with Gasteiger partial charge in [-0.05, 0) is 19.1 Å². The van der Waals surface area contributed by atoms with Crippen LogP contribution in [-0.4, -0.2) is 51.3 Å². The number of nitrogens with zero attached hydrogens (tertiary/aromatic N) is 5. The summed E-state index contributed by atoms with van der Waals surface area (Å²) in [5.41, 5.74) is 0.749. The molecule has 1 spiro atoms. The summed E-state index contributed by atoms with van der Waals surface area (Å²) in [6.07, 6.45) is 7.04. The second-order valence-electron chi connectivity index (χ2n) is 6.15. The lowest BCUT2D eigenvalue weighted by atomic mass is 9.85. The van der Waals surface area contributed by atoms with Gasteiger partial charge in [-0.15, -0.1) is 0 Å². The van der Waals surface area contributed by atoms with E-state index >= 15 is 0 Å². The molecular formula is C16H19N5O2. The number of anilines is 1. The molecule has 4 heterocycles. The maximum Gasteiger partial charge on any atom is 0.316 e. The van der Waals surface area contributed by atoms with Gasteiger partial charge in [0, 0.05) is 37.1 Å². The van der Waals surface area contributed by atoms with E-state index in [9.17, 15) is 0 Å². The second-order valence-corrected chi connectivity index (χ2v) is 6.15. The van der Waals surface area contributed by atoms with Gasteiger partial charge in [0.05, 0.1) is 19.7 Å². The normalized spacial score (nSPS) is 22.7. The van der Waals surface area contributed by atoms with Crippen molar-refractivity contribution in [1.29, 1.82) is 0 Å². The molecule has 2 aromatic heterocycles. The summed E-state index contributed by atoms with van der Waals surface area (Å²) < 4.78 is 12.0. The fourth-order valence-corrected chi connectivity index (χ4v) is 3.18. The van der Waals surface area contributed by atoms with Crippen LogP contribution in [0.1, 0.15) is 18.5 Å². The number of aryl methyl sites for hydroxylation is 1. The Balaban J connectivity index is 1.39. The first kappa shape index (κ1) is 14.3. The van der Waals surface area contributed by atoms with Crippen molar-refractivity contribution in [2.24, 2.45) is 0 Å². The van der Waals surface area contributed by atoms with E-state index in [0.29, 0.717) is 12.6 Å². The van der Waals surface area contributed by atoms with Crippen molar-refractivity contribution >= 4 is 5.95 Å². The Hall–Kier alpha value is -2.28. The molecule has 7 heteroatoms. The number of ether oxygens (including phenoxy) is 2. The Morgan fingerprint density at radius 3 is 2.83 bits per heavy atom. The van der Waals surface area contributed by atoms with E-state index in [-0.39, 0.29) is 11.7 Å². The number of hydrogen-bond donors (Lipinski definition) is 0. The lowest BCUT2D eigenvalue weighted by Gasteiger charge is -2.52. The Bertz CT molecular complexity index is 675. The summed E-state index contributed by atoms with van der Waals surface area (Å²) in [6, 6.07) is 4.14. The maximum absolute atomic E-state index is 6.03. The van der Waals surface area contributed by atoms with Crippen LogP contribution in [0.3, 0.4) is 0 Å². The van der Waals surface area contributed by atoms with Gasteiger partial charge in [0.25, 0.3) is 0 Å². The molecule has 23 heavy (non-hydrogen) atoms. The summed E-state index contributed by atoms with van der Waals surface area (Å²) in [5.74, 6) is 0.756. The molecule has 120 valence electrons. The largest absolute Gasteiger partial charge is 0.460 e. The van der Waals surface area contributed by atoms with Gasteiger partial charge >= 0.3 is 6.01 Å². The Labute approximate surface area is 134 Å². The summed E-state index contributed by atoms with van der Waals surface area (Å²) >= 11 is 0. The molecular weight excluding hydrogens is 294 g/mol. The summed E-state index contributed by atoms with van der Waals surface area (Å²) in [6.45, 7) is 4.22. The molecule has 0 unspecified atom stereocenters. The highest BCUT2D eigenvalue weighted by Crippen LogP contribution is 2.36. The van der Waals surface area contributed by atoms with E-state index in [0.717, 1.165) is 37.6 Å². The van der Waals surface area contributed by atoms with Crippen molar-refractivity contribution in [2.45, 2.75) is 31.5 Å². The third-order valence-corrected chi connectivity index (χ3v) is 4.29. The van der Waals surface area contributed by atoms with Crippen molar-refractivity contribution in [2.75, 3.05) is 24.6 Å². The van der Waals surface area contributed by atoms with Crippen molar-refractivity contribution in [3.8, 4) is 6.01 Å². The molecule has 0 saturated carbocycles. The lowest BCUT2D eigenvalue weighted by molar-refractivity contribution is -0.127. The van der Waals surface area contributed by atoms with Crippen LogP contribution in [0, 0.1) is 6.92 Å². The molecule has 2 saturated heterocycles. The first-order valence-corrected chi connectivity index (χ1v) is 7.85. The fraction of sp³-hybridized carbons (Fsp3) is 0.500. The van der Waals surface area contributed by atoms with Crippen molar-refractivity contribution in [1.82, 2.24) is 19.9 Å². The Morgan fingerprint density at radius 2 is 2.04 bits per heavy atom. The monoisotopic (exact) mass is 313 g/mol. The van der Waals surface area contributed by atoms with Gasteiger partial charge in [-0.1, -0.05) is 0 Å². The predicted molar refractivity (Wildman–Crippen MR) is 83.3 cm³/mol. The smallest absolute Gasteiger partial charge is 0.316 e. The van der Waals surface area contributed by atoms with Crippen LogP contribution in [-0.2, 0) is 4.74 Å². The van der Waals surface area contributed by atoms with Gasteiger partial charge < -0.3 is 14.4 Å². The molecule has 0 amide bonds. The van der Waals surface area contributed by atoms with Crippen LogP contribution in [0.2, 0.25) is 0 Å². The highest BCUT2D eigenvalue weighted by atomic mass is 16.5. The molecule has 1 atom stereocenters. The highest BCUT2D eigenvalue weighted by molar-refractivity contribution is 5.37. The Kier molecular flexibility index (Phi) is 3.57. The summed E-state index contributed by atoms with van der Waals surface area (Å²) in [7, 11) is 0. The minimum atomic E-state index is -0.161. The van der Waals surface area contributed by atoms with E-state index < -0.39 is 0 Å². The SMILES string of the molecule is Cc1ccnc(O[C@@H]2CCOC3(C2)CN(c2ncccn2)C3)n1. The average Bonchev–Trinajstić information content (AvgIpc) is 2.54. The van der Waals surface area contributed by atoms with Crippen molar-refractivity contribution < 1.29 is 9.47 Å². The summed E-state index contributed by atoms with van der Waals surface area (Å²) in [4.78, 5) is 19.2. The standard InChI is InChI=1S/C16H19N5O2/c1-12-3-7-19-15(20-12)23-13-4-8-22-16(9-13)10-21(11-16)14-17-5-2-6-18-14/h2-3,5-7,13H,4,8-11H2,1H3/t13-/m1/s1. The quantitative estimate of drug-likeness (QED) is 0.847. The van der Waals surface area contributed by atoms with Gasteiger partial charge in [-0.3, -0.25) is 0 Å². The van der Waals surface area contributed by atoms with E-state index in [1.807, 2.05) is 19.1 Å². The van der Waals surface area contributed by atoms with E-state index in [1.54, 1.807) is 18.6 Å². The third-order valence-electron chi connectivity index (χ3n) is 4.29. The van der Waals surface area contributed by atoms with Gasteiger partial charge in [-0.2, -0.15) is 0 Å². The van der Waals surface area contributed by atoms with Crippen LogP contribution in [0.15, 0.2) is 30.7 Å². The third kappa shape index (κ3) is 2.96. The second kappa shape index (κ2) is 5.73.